The van der Waals surface area contributed by atoms with E-state index >= 15 is 0 Å². The Morgan fingerprint density at radius 3 is 2.25 bits per heavy atom. The average molecular weight is 348 g/mol. The van der Waals surface area contributed by atoms with E-state index in [-0.39, 0.29) is 17.7 Å². The van der Waals surface area contributed by atoms with Crippen molar-refractivity contribution in [3.63, 3.8) is 0 Å². The molecule has 5 heteroatoms. The highest BCUT2D eigenvalue weighted by Gasteiger charge is 2.57. The fourth-order valence-corrected chi connectivity index (χ4v) is 4.98. The number of rotatable bonds is 3. The molecule has 3 fully saturated rings. The molecule has 4 atom stereocenters. The van der Waals surface area contributed by atoms with Crippen LogP contribution in [0.25, 0.3) is 0 Å². The summed E-state index contributed by atoms with van der Waals surface area (Å²) in [7, 11) is 0. The van der Waals surface area contributed by atoms with Crippen LogP contribution in [0.4, 0.5) is 0 Å². The molecule has 1 aromatic rings. The third-order valence-corrected chi connectivity index (χ3v) is 6.44. The van der Waals surface area contributed by atoms with Crippen LogP contribution in [0.5, 0.6) is 0 Å². The number of carbonyl (C=O) groups excluding carboxylic acids is 1. The number of carboxylic acid groups (broad SMARTS) is 1. The molecule has 3 aliphatic rings. The van der Waals surface area contributed by atoms with E-state index in [0.717, 1.165) is 18.4 Å². The highest BCUT2D eigenvalue weighted by Crippen LogP contribution is 2.56. The molecule has 4 rings (SSSR count). The van der Waals surface area contributed by atoms with E-state index in [0.29, 0.717) is 29.9 Å². The molecule has 2 saturated carbocycles. The van der Waals surface area contributed by atoms with E-state index in [1.807, 2.05) is 12.1 Å². The minimum atomic E-state index is -0.821. The Kier molecular flexibility index (Phi) is 4.03. The molecular weight excluding hydrogens is 326 g/mol. The number of nitrogens with zero attached hydrogens (tertiary/aromatic N) is 1. The van der Waals surface area contributed by atoms with Crippen molar-refractivity contribution in [3.05, 3.63) is 34.9 Å². The van der Waals surface area contributed by atoms with Gasteiger partial charge < -0.3 is 10.0 Å². The van der Waals surface area contributed by atoms with Crippen LogP contribution in [0, 0.1) is 23.7 Å². The van der Waals surface area contributed by atoms with Crippen molar-refractivity contribution in [1.82, 2.24) is 4.90 Å². The first kappa shape index (κ1) is 15.9. The largest absolute Gasteiger partial charge is 0.481 e. The van der Waals surface area contributed by atoms with Gasteiger partial charge in [-0.05, 0) is 42.4 Å². The van der Waals surface area contributed by atoms with Crippen molar-refractivity contribution in [1.29, 1.82) is 0 Å². The summed E-state index contributed by atoms with van der Waals surface area (Å²) < 4.78 is 0. The summed E-state index contributed by atoms with van der Waals surface area (Å²) in [5, 5.41) is 10.2. The first-order chi connectivity index (χ1) is 11.6. The molecule has 2 aliphatic carbocycles. The van der Waals surface area contributed by atoms with Crippen molar-refractivity contribution in [2.45, 2.75) is 31.6 Å². The van der Waals surface area contributed by atoms with E-state index < -0.39 is 11.9 Å². The van der Waals surface area contributed by atoms with E-state index in [2.05, 4.69) is 0 Å². The molecule has 4 nitrogen and oxygen atoms in total. The number of aliphatic carboxylic acids is 1. The van der Waals surface area contributed by atoms with Gasteiger partial charge in [0.25, 0.3) is 0 Å². The summed E-state index contributed by atoms with van der Waals surface area (Å²) in [5.41, 5.74) is 0.954. The normalized spacial score (nSPS) is 34.7. The van der Waals surface area contributed by atoms with Crippen molar-refractivity contribution >= 4 is 23.5 Å². The molecule has 0 aromatic heterocycles. The van der Waals surface area contributed by atoms with Crippen molar-refractivity contribution in [3.8, 4) is 0 Å². The van der Waals surface area contributed by atoms with Gasteiger partial charge in [-0.3, -0.25) is 9.59 Å². The number of hydrogen-bond donors (Lipinski definition) is 1. The lowest BCUT2D eigenvalue weighted by Crippen LogP contribution is -2.32. The summed E-state index contributed by atoms with van der Waals surface area (Å²) in [5.74, 6) is -0.0346. The van der Waals surface area contributed by atoms with E-state index in [4.69, 9.17) is 11.6 Å². The Hall–Kier alpha value is -1.55. The van der Waals surface area contributed by atoms with Gasteiger partial charge in [0.15, 0.2) is 0 Å². The number of carbonyl (C=O) groups is 2. The van der Waals surface area contributed by atoms with Crippen LogP contribution in [0.2, 0.25) is 5.02 Å². The Balaban J connectivity index is 1.51. The molecule has 1 N–H and O–H groups in total. The van der Waals surface area contributed by atoms with Crippen LogP contribution < -0.4 is 0 Å². The molecule has 1 aliphatic heterocycles. The molecule has 1 amide bonds. The molecule has 0 bridgehead atoms. The second-order valence-corrected chi connectivity index (χ2v) is 7.92. The monoisotopic (exact) mass is 347 g/mol. The predicted octanol–water partition coefficient (Wildman–Crippen LogP) is 3.40. The van der Waals surface area contributed by atoms with E-state index in [1.54, 1.807) is 17.0 Å². The van der Waals surface area contributed by atoms with E-state index in [9.17, 15) is 14.7 Å². The van der Waals surface area contributed by atoms with Crippen LogP contribution in [-0.2, 0) is 9.59 Å². The van der Waals surface area contributed by atoms with Gasteiger partial charge >= 0.3 is 5.97 Å². The number of benzene rings is 1. The number of carboxylic acids is 1. The van der Waals surface area contributed by atoms with Gasteiger partial charge in [0, 0.05) is 29.9 Å². The summed E-state index contributed by atoms with van der Waals surface area (Å²) in [6, 6.07) is 7.34. The van der Waals surface area contributed by atoms with Crippen molar-refractivity contribution in [2.24, 2.45) is 23.7 Å². The number of likely N-dealkylation sites (tertiary alicyclic amines) is 1. The first-order valence-corrected chi connectivity index (χ1v) is 9.21. The van der Waals surface area contributed by atoms with Crippen molar-refractivity contribution in [2.75, 3.05) is 13.1 Å². The first-order valence-electron chi connectivity index (χ1n) is 8.83. The standard InChI is InChI=1S/C19H22ClNO3/c20-12-7-5-11(6-8-12)15-9-21(10-16(15)19(23)24)18(22)17-13-3-1-2-4-14(13)17/h5-8,13-17H,1-4,9-10H2,(H,23,24)/t13?,14?,15-,16+,17?/m0/s1. The maximum atomic E-state index is 12.9. The third kappa shape index (κ3) is 2.71. The minimum absolute atomic E-state index is 0.149. The molecule has 0 spiro atoms. The minimum Gasteiger partial charge on any atom is -0.481 e. The second-order valence-electron chi connectivity index (χ2n) is 7.48. The summed E-state index contributed by atoms with van der Waals surface area (Å²) in [6.45, 7) is 0.838. The number of halogens is 1. The average Bonchev–Trinajstić information content (AvgIpc) is 3.13. The zero-order chi connectivity index (χ0) is 16.8. The molecule has 1 saturated heterocycles. The van der Waals surface area contributed by atoms with Gasteiger partial charge in [-0.1, -0.05) is 36.6 Å². The van der Waals surface area contributed by atoms with Gasteiger partial charge in [-0.25, -0.2) is 0 Å². The SMILES string of the molecule is O=C(O)[C@@H]1CN(C(=O)C2C3CCCCC32)C[C@H]1c1ccc(Cl)cc1. The maximum Gasteiger partial charge on any atom is 0.308 e. The summed E-state index contributed by atoms with van der Waals surface area (Å²) in [4.78, 5) is 26.4. The molecule has 24 heavy (non-hydrogen) atoms. The lowest BCUT2D eigenvalue weighted by molar-refractivity contribution is -0.142. The highest BCUT2D eigenvalue weighted by atomic mass is 35.5. The van der Waals surface area contributed by atoms with Crippen LogP contribution in [0.15, 0.2) is 24.3 Å². The zero-order valence-electron chi connectivity index (χ0n) is 13.5. The second kappa shape index (κ2) is 6.07. The van der Waals surface area contributed by atoms with Crippen LogP contribution in [0.1, 0.15) is 37.2 Å². The molecule has 1 heterocycles. The number of hydrogen-bond acceptors (Lipinski definition) is 2. The number of amides is 1. The Morgan fingerprint density at radius 1 is 1.04 bits per heavy atom. The molecule has 1 aromatic carbocycles. The Morgan fingerprint density at radius 2 is 1.67 bits per heavy atom. The highest BCUT2D eigenvalue weighted by molar-refractivity contribution is 6.30. The summed E-state index contributed by atoms with van der Waals surface area (Å²) in [6.07, 6.45) is 4.79. The summed E-state index contributed by atoms with van der Waals surface area (Å²) >= 11 is 5.94. The maximum absolute atomic E-state index is 12.9. The van der Waals surface area contributed by atoms with Crippen LogP contribution >= 0.6 is 11.6 Å². The van der Waals surface area contributed by atoms with Crippen LogP contribution in [0.3, 0.4) is 0 Å². The van der Waals surface area contributed by atoms with Gasteiger partial charge in [0.05, 0.1) is 5.92 Å². The topological polar surface area (TPSA) is 57.6 Å². The van der Waals surface area contributed by atoms with Gasteiger partial charge in [-0.15, -0.1) is 0 Å². The fourth-order valence-electron chi connectivity index (χ4n) is 4.85. The fraction of sp³-hybridized carbons (Fsp3) is 0.579. The van der Waals surface area contributed by atoms with E-state index in [1.165, 1.54) is 12.8 Å². The number of fused-ring (bicyclic) bond motifs is 1. The molecule has 0 radical (unpaired) electrons. The smallest absolute Gasteiger partial charge is 0.308 e. The quantitative estimate of drug-likeness (QED) is 0.911. The van der Waals surface area contributed by atoms with Gasteiger partial charge in [0.1, 0.15) is 0 Å². The lowest BCUT2D eigenvalue weighted by atomic mass is 9.89. The zero-order valence-corrected chi connectivity index (χ0v) is 14.3. The van der Waals surface area contributed by atoms with Gasteiger partial charge in [0.2, 0.25) is 5.91 Å². The van der Waals surface area contributed by atoms with Crippen LogP contribution in [-0.4, -0.2) is 35.0 Å². The van der Waals surface area contributed by atoms with Crippen molar-refractivity contribution < 1.29 is 14.7 Å². The molecule has 128 valence electrons. The predicted molar refractivity (Wildman–Crippen MR) is 90.8 cm³/mol. The van der Waals surface area contributed by atoms with Gasteiger partial charge in [-0.2, -0.15) is 0 Å². The third-order valence-electron chi connectivity index (χ3n) is 6.19. The molecular formula is C19H22ClNO3. The Labute approximate surface area is 146 Å². The lowest BCUT2D eigenvalue weighted by Gasteiger charge is -2.17. The Bertz CT molecular complexity index is 647. The molecule has 2 unspecified atom stereocenters.